The number of halogens is 1. The molecule has 0 heterocycles. The third-order valence-corrected chi connectivity index (χ3v) is 4.18. The Labute approximate surface area is 152 Å². The van der Waals surface area contributed by atoms with E-state index in [4.69, 9.17) is 4.74 Å². The van der Waals surface area contributed by atoms with Crippen molar-refractivity contribution in [2.75, 3.05) is 32.8 Å². The number of aliphatic hydroxyl groups excluding tert-OH is 1. The number of ether oxygens (including phenoxy) is 1. The number of guanidine groups is 1. The molecule has 0 saturated heterocycles. The highest BCUT2D eigenvalue weighted by atomic mass is 127. The fourth-order valence-electron chi connectivity index (χ4n) is 2.69. The maximum absolute atomic E-state index is 10.2. The minimum atomic E-state index is -0.226. The standard InChI is InChI=1S/C16H33N3O2.HI/c1-4-17-15(18-11-8-12-21-5-2)19-13-16(3)10-7-6-9-14(16)20;/h14,20H,4-13H2,1-3H3,(H2,17,18,19);1H. The van der Waals surface area contributed by atoms with Gasteiger partial charge in [0.1, 0.15) is 0 Å². The molecule has 1 aliphatic rings. The molecule has 1 rings (SSSR count). The van der Waals surface area contributed by atoms with Crippen molar-refractivity contribution < 1.29 is 9.84 Å². The summed E-state index contributed by atoms with van der Waals surface area (Å²) in [6, 6.07) is 0. The van der Waals surface area contributed by atoms with Crippen molar-refractivity contribution in [1.82, 2.24) is 10.6 Å². The summed E-state index contributed by atoms with van der Waals surface area (Å²) in [5.74, 6) is 0.841. The minimum absolute atomic E-state index is 0. The average molecular weight is 427 g/mol. The van der Waals surface area contributed by atoms with E-state index in [1.54, 1.807) is 0 Å². The molecule has 0 amide bonds. The zero-order valence-electron chi connectivity index (χ0n) is 14.4. The number of nitrogens with one attached hydrogen (secondary N) is 2. The first-order chi connectivity index (χ1) is 10.1. The largest absolute Gasteiger partial charge is 0.392 e. The van der Waals surface area contributed by atoms with Crippen LogP contribution in [0, 0.1) is 5.41 Å². The van der Waals surface area contributed by atoms with Crippen LogP contribution in [0.25, 0.3) is 0 Å². The zero-order chi connectivity index (χ0) is 15.6. The first-order valence-corrected chi connectivity index (χ1v) is 8.40. The molecule has 0 aromatic rings. The van der Waals surface area contributed by atoms with E-state index in [-0.39, 0.29) is 35.5 Å². The molecule has 0 radical (unpaired) electrons. The summed E-state index contributed by atoms with van der Waals surface area (Å²) in [4.78, 5) is 4.67. The van der Waals surface area contributed by atoms with Crippen molar-refractivity contribution in [3.05, 3.63) is 0 Å². The van der Waals surface area contributed by atoms with Gasteiger partial charge >= 0.3 is 0 Å². The lowest BCUT2D eigenvalue weighted by molar-refractivity contribution is 0.00716. The summed E-state index contributed by atoms with van der Waals surface area (Å²) in [7, 11) is 0. The minimum Gasteiger partial charge on any atom is -0.392 e. The van der Waals surface area contributed by atoms with Crippen LogP contribution in [-0.4, -0.2) is 50.0 Å². The van der Waals surface area contributed by atoms with Gasteiger partial charge in [0.15, 0.2) is 5.96 Å². The van der Waals surface area contributed by atoms with Crippen molar-refractivity contribution in [3.8, 4) is 0 Å². The second-order valence-electron chi connectivity index (χ2n) is 6.09. The summed E-state index contributed by atoms with van der Waals surface area (Å²) in [6.45, 7) is 10.1. The van der Waals surface area contributed by atoms with Crippen LogP contribution in [0.5, 0.6) is 0 Å². The first-order valence-electron chi connectivity index (χ1n) is 8.40. The van der Waals surface area contributed by atoms with Gasteiger partial charge in [-0.3, -0.25) is 4.99 Å². The van der Waals surface area contributed by atoms with Gasteiger partial charge in [0.05, 0.1) is 12.6 Å². The number of nitrogens with zero attached hydrogens (tertiary/aromatic N) is 1. The third-order valence-electron chi connectivity index (χ3n) is 4.18. The molecule has 22 heavy (non-hydrogen) atoms. The van der Waals surface area contributed by atoms with Crippen LogP contribution in [0.15, 0.2) is 4.99 Å². The maximum atomic E-state index is 10.2. The predicted molar refractivity (Wildman–Crippen MR) is 103 cm³/mol. The third kappa shape index (κ3) is 7.97. The summed E-state index contributed by atoms with van der Waals surface area (Å²) in [6.07, 6.45) is 5.04. The van der Waals surface area contributed by atoms with Crippen LogP contribution in [0.1, 0.15) is 52.9 Å². The Kier molecular flexibility index (Phi) is 12.3. The molecule has 6 heteroatoms. The van der Waals surface area contributed by atoms with E-state index in [2.05, 4.69) is 29.5 Å². The number of hydrogen-bond acceptors (Lipinski definition) is 3. The Balaban J connectivity index is 0.00000441. The molecule has 2 atom stereocenters. The summed E-state index contributed by atoms with van der Waals surface area (Å²) >= 11 is 0. The predicted octanol–water partition coefficient (Wildman–Crippen LogP) is 2.53. The number of rotatable bonds is 8. The van der Waals surface area contributed by atoms with E-state index in [0.717, 1.165) is 57.9 Å². The van der Waals surface area contributed by atoms with E-state index >= 15 is 0 Å². The Morgan fingerprint density at radius 1 is 1.32 bits per heavy atom. The second-order valence-corrected chi connectivity index (χ2v) is 6.09. The van der Waals surface area contributed by atoms with Gasteiger partial charge in [-0.05, 0) is 33.1 Å². The molecule has 0 bridgehead atoms. The summed E-state index contributed by atoms with van der Waals surface area (Å²) < 4.78 is 5.33. The van der Waals surface area contributed by atoms with Gasteiger partial charge in [-0.2, -0.15) is 0 Å². The lowest BCUT2D eigenvalue weighted by Gasteiger charge is -2.37. The van der Waals surface area contributed by atoms with Crippen molar-refractivity contribution in [3.63, 3.8) is 0 Å². The van der Waals surface area contributed by atoms with Gasteiger partial charge in [0.2, 0.25) is 0 Å². The smallest absolute Gasteiger partial charge is 0.191 e. The van der Waals surface area contributed by atoms with Gasteiger partial charge in [-0.15, -0.1) is 24.0 Å². The van der Waals surface area contributed by atoms with Crippen molar-refractivity contribution in [2.45, 2.75) is 59.0 Å². The number of aliphatic imine (C=N–C) groups is 1. The number of aliphatic hydroxyl groups is 1. The lowest BCUT2D eigenvalue weighted by Crippen LogP contribution is -2.42. The van der Waals surface area contributed by atoms with Gasteiger partial charge < -0.3 is 20.5 Å². The van der Waals surface area contributed by atoms with Crippen molar-refractivity contribution >= 4 is 29.9 Å². The van der Waals surface area contributed by atoms with Gasteiger partial charge in [-0.25, -0.2) is 0 Å². The monoisotopic (exact) mass is 427 g/mol. The van der Waals surface area contributed by atoms with E-state index in [9.17, 15) is 5.11 Å². The van der Waals surface area contributed by atoms with Crippen LogP contribution < -0.4 is 10.6 Å². The Bertz CT molecular complexity index is 316. The molecular formula is C16H34IN3O2. The van der Waals surface area contributed by atoms with E-state index < -0.39 is 0 Å². The molecule has 2 unspecified atom stereocenters. The highest BCUT2D eigenvalue weighted by molar-refractivity contribution is 14.0. The maximum Gasteiger partial charge on any atom is 0.191 e. The van der Waals surface area contributed by atoms with Crippen LogP contribution in [-0.2, 0) is 4.74 Å². The highest BCUT2D eigenvalue weighted by Crippen LogP contribution is 2.36. The molecule has 0 spiro atoms. The molecule has 1 saturated carbocycles. The molecule has 0 aliphatic heterocycles. The first kappa shape index (κ1) is 21.9. The summed E-state index contributed by atoms with van der Waals surface area (Å²) in [5, 5.41) is 16.8. The average Bonchev–Trinajstić information content (AvgIpc) is 2.48. The molecular weight excluding hydrogens is 393 g/mol. The molecule has 1 fully saturated rings. The Morgan fingerprint density at radius 2 is 2.09 bits per heavy atom. The van der Waals surface area contributed by atoms with E-state index in [0.29, 0.717) is 6.54 Å². The summed E-state index contributed by atoms with van der Waals surface area (Å²) in [5.41, 5.74) is -0.0775. The molecule has 132 valence electrons. The molecule has 5 nitrogen and oxygen atoms in total. The van der Waals surface area contributed by atoms with Gasteiger partial charge in [0.25, 0.3) is 0 Å². The van der Waals surface area contributed by atoms with Gasteiger partial charge in [-0.1, -0.05) is 19.8 Å². The Hall–Kier alpha value is -0.0800. The zero-order valence-corrected chi connectivity index (χ0v) is 16.7. The molecule has 0 aromatic carbocycles. The fraction of sp³-hybridized carbons (Fsp3) is 0.938. The van der Waals surface area contributed by atoms with Crippen molar-refractivity contribution in [1.29, 1.82) is 0 Å². The fourth-order valence-corrected chi connectivity index (χ4v) is 2.69. The SMILES string of the molecule is CCNC(=NCC1(C)CCCCC1O)NCCCOCC.I. The lowest BCUT2D eigenvalue weighted by atomic mass is 9.73. The van der Waals surface area contributed by atoms with Crippen molar-refractivity contribution in [2.24, 2.45) is 10.4 Å². The van der Waals surface area contributed by atoms with Crippen LogP contribution in [0.4, 0.5) is 0 Å². The normalized spacial score (nSPS) is 25.5. The molecule has 3 N–H and O–H groups in total. The highest BCUT2D eigenvalue weighted by Gasteiger charge is 2.35. The number of hydrogen-bond donors (Lipinski definition) is 3. The van der Waals surface area contributed by atoms with E-state index in [1.165, 1.54) is 6.42 Å². The van der Waals surface area contributed by atoms with Crippen LogP contribution >= 0.6 is 24.0 Å². The topological polar surface area (TPSA) is 65.9 Å². The van der Waals surface area contributed by atoms with E-state index in [1.807, 2.05) is 6.92 Å². The van der Waals surface area contributed by atoms with Gasteiger partial charge in [0, 0.05) is 31.7 Å². The Morgan fingerprint density at radius 3 is 2.73 bits per heavy atom. The molecule has 0 aromatic heterocycles. The second kappa shape index (κ2) is 12.4. The molecule has 1 aliphatic carbocycles. The van der Waals surface area contributed by atoms with Crippen LogP contribution in [0.3, 0.4) is 0 Å². The quantitative estimate of drug-likeness (QED) is 0.241. The van der Waals surface area contributed by atoms with Crippen LogP contribution in [0.2, 0.25) is 0 Å².